The van der Waals surface area contributed by atoms with Crippen LogP contribution in [0.15, 0.2) is 29.8 Å². The first kappa shape index (κ1) is 13.9. The first-order valence-corrected chi connectivity index (χ1v) is 7.24. The van der Waals surface area contributed by atoms with E-state index in [0.717, 1.165) is 17.8 Å². The zero-order valence-corrected chi connectivity index (χ0v) is 12.0. The molecule has 0 saturated carbocycles. The molecule has 0 amide bonds. The number of aryl methyl sites for hydroxylation is 2. The predicted octanol–water partition coefficient (Wildman–Crippen LogP) is 4.96. The summed E-state index contributed by atoms with van der Waals surface area (Å²) in [6.07, 6.45) is 4.04. The molecule has 2 rings (SSSR count). The highest BCUT2D eigenvalue weighted by atomic mass is 32.1. The van der Waals surface area contributed by atoms with Crippen molar-refractivity contribution in [2.75, 3.05) is 0 Å². The molecule has 0 N–H and O–H groups in total. The zero-order valence-electron chi connectivity index (χ0n) is 11.2. The van der Waals surface area contributed by atoms with Gasteiger partial charge in [-0.2, -0.15) is 0 Å². The molecular formula is C15H21NS. The predicted molar refractivity (Wildman–Crippen MR) is 77.7 cm³/mol. The number of benzene rings is 1. The maximum absolute atomic E-state index is 4.37. The fourth-order valence-electron chi connectivity index (χ4n) is 1.72. The number of hydrogen-bond acceptors (Lipinski definition) is 2. The van der Waals surface area contributed by atoms with Crippen molar-refractivity contribution in [3.05, 3.63) is 40.9 Å². The number of aromatic nitrogens is 1. The molecule has 1 nitrogen and oxygen atoms in total. The lowest BCUT2D eigenvalue weighted by molar-refractivity contribution is 1.09. The van der Waals surface area contributed by atoms with Gasteiger partial charge in [0.2, 0.25) is 0 Å². The third-order valence-electron chi connectivity index (χ3n) is 2.62. The molecule has 0 aliphatic heterocycles. The summed E-state index contributed by atoms with van der Waals surface area (Å²) in [6, 6.07) is 6.71. The van der Waals surface area contributed by atoms with Gasteiger partial charge in [-0.25, -0.2) is 4.98 Å². The summed E-state index contributed by atoms with van der Waals surface area (Å²) in [5, 5.41) is 3.16. The van der Waals surface area contributed by atoms with Crippen LogP contribution in [-0.2, 0) is 12.8 Å². The summed E-state index contributed by atoms with van der Waals surface area (Å²) < 4.78 is 0. The maximum Gasteiger partial charge on any atom is 0.123 e. The molecule has 0 unspecified atom stereocenters. The fraction of sp³-hybridized carbons (Fsp3) is 0.400. The van der Waals surface area contributed by atoms with Gasteiger partial charge >= 0.3 is 0 Å². The Labute approximate surface area is 109 Å². The van der Waals surface area contributed by atoms with Crippen molar-refractivity contribution < 1.29 is 0 Å². The highest BCUT2D eigenvalue weighted by Gasteiger charge is 2.06. The van der Waals surface area contributed by atoms with Crippen molar-refractivity contribution in [2.24, 2.45) is 0 Å². The Morgan fingerprint density at radius 3 is 2.41 bits per heavy atom. The van der Waals surface area contributed by atoms with Gasteiger partial charge in [0.1, 0.15) is 5.01 Å². The average molecular weight is 247 g/mol. The van der Waals surface area contributed by atoms with Crippen LogP contribution in [0.5, 0.6) is 0 Å². The second-order valence-corrected chi connectivity index (χ2v) is 4.43. The Kier molecular flexibility index (Phi) is 5.92. The molecule has 92 valence electrons. The second-order valence-electron chi connectivity index (χ2n) is 3.54. The van der Waals surface area contributed by atoms with Crippen LogP contribution in [0.3, 0.4) is 0 Å². The van der Waals surface area contributed by atoms with E-state index < -0.39 is 0 Å². The van der Waals surface area contributed by atoms with Gasteiger partial charge in [-0.05, 0) is 24.0 Å². The van der Waals surface area contributed by atoms with E-state index in [1.54, 1.807) is 11.3 Å². The molecule has 1 heterocycles. The monoisotopic (exact) mass is 247 g/mol. The summed E-state index contributed by atoms with van der Waals surface area (Å²) in [7, 11) is 0. The maximum atomic E-state index is 4.37. The van der Waals surface area contributed by atoms with Crippen molar-refractivity contribution in [1.29, 1.82) is 0 Å². The molecule has 17 heavy (non-hydrogen) atoms. The molecule has 0 bridgehead atoms. The topological polar surface area (TPSA) is 12.9 Å². The lowest BCUT2D eigenvalue weighted by Gasteiger charge is -2.07. The van der Waals surface area contributed by atoms with E-state index in [1.165, 1.54) is 16.7 Å². The third kappa shape index (κ3) is 3.40. The van der Waals surface area contributed by atoms with Crippen LogP contribution in [-0.4, -0.2) is 4.98 Å². The van der Waals surface area contributed by atoms with E-state index in [9.17, 15) is 0 Å². The number of nitrogens with zero attached hydrogens (tertiary/aromatic N) is 1. The lowest BCUT2D eigenvalue weighted by atomic mass is 10.0. The highest BCUT2D eigenvalue weighted by molar-refractivity contribution is 7.13. The molecule has 1 aromatic heterocycles. The molecule has 0 aliphatic carbocycles. The Bertz CT molecular complexity index is 432. The molecule has 1 aromatic carbocycles. The van der Waals surface area contributed by atoms with E-state index in [-0.39, 0.29) is 0 Å². The summed E-state index contributed by atoms with van der Waals surface area (Å²) in [5.41, 5.74) is 4.11. The van der Waals surface area contributed by atoms with Crippen LogP contribution in [0.2, 0.25) is 0 Å². The van der Waals surface area contributed by atoms with Crippen LogP contribution in [0.4, 0.5) is 0 Å². The van der Waals surface area contributed by atoms with Crippen molar-refractivity contribution >= 4 is 11.3 Å². The highest BCUT2D eigenvalue weighted by Crippen LogP contribution is 2.27. The van der Waals surface area contributed by atoms with Crippen LogP contribution < -0.4 is 0 Å². The van der Waals surface area contributed by atoms with E-state index >= 15 is 0 Å². The summed E-state index contributed by atoms with van der Waals surface area (Å²) in [6.45, 7) is 8.39. The first-order valence-electron chi connectivity index (χ1n) is 6.36. The molecule has 0 atom stereocenters. The van der Waals surface area contributed by atoms with Crippen molar-refractivity contribution in [3.63, 3.8) is 0 Å². The third-order valence-corrected chi connectivity index (χ3v) is 3.43. The van der Waals surface area contributed by atoms with Gasteiger partial charge in [0.15, 0.2) is 0 Å². The summed E-state index contributed by atoms with van der Waals surface area (Å²) in [4.78, 5) is 4.37. The zero-order chi connectivity index (χ0) is 12.7. The Balaban J connectivity index is 0.000000686. The van der Waals surface area contributed by atoms with Crippen LogP contribution in [0.25, 0.3) is 10.6 Å². The van der Waals surface area contributed by atoms with Gasteiger partial charge in [0.05, 0.1) is 0 Å². The standard InChI is InChI=1S/C13H15NS.C2H6/c1-3-10-5-6-12(11(4-2)9-10)13-14-7-8-15-13;1-2/h5-9H,3-4H2,1-2H3;1-2H3. The minimum atomic E-state index is 1.07. The lowest BCUT2D eigenvalue weighted by Crippen LogP contribution is -1.90. The van der Waals surface area contributed by atoms with E-state index in [0.29, 0.717) is 0 Å². The number of rotatable bonds is 3. The van der Waals surface area contributed by atoms with Gasteiger partial charge in [-0.3, -0.25) is 0 Å². The van der Waals surface area contributed by atoms with Gasteiger partial charge < -0.3 is 0 Å². The van der Waals surface area contributed by atoms with Crippen molar-refractivity contribution in [2.45, 2.75) is 40.5 Å². The molecule has 0 fully saturated rings. The van der Waals surface area contributed by atoms with Crippen LogP contribution in [0, 0.1) is 0 Å². The van der Waals surface area contributed by atoms with Gasteiger partial charge in [0.25, 0.3) is 0 Å². The van der Waals surface area contributed by atoms with Crippen LogP contribution >= 0.6 is 11.3 Å². The fourth-order valence-corrected chi connectivity index (χ4v) is 2.42. The number of thiazole rings is 1. The Morgan fingerprint density at radius 1 is 1.12 bits per heavy atom. The molecule has 2 aromatic rings. The number of hydrogen-bond donors (Lipinski definition) is 0. The average Bonchev–Trinajstić information content (AvgIpc) is 2.94. The van der Waals surface area contributed by atoms with E-state index in [4.69, 9.17) is 0 Å². The van der Waals surface area contributed by atoms with Crippen molar-refractivity contribution in [1.82, 2.24) is 4.98 Å². The first-order chi connectivity index (χ1) is 8.35. The summed E-state index contributed by atoms with van der Waals surface area (Å²) in [5.74, 6) is 0. The molecular weight excluding hydrogens is 226 g/mol. The quantitative estimate of drug-likeness (QED) is 0.747. The minimum Gasteiger partial charge on any atom is -0.245 e. The van der Waals surface area contributed by atoms with Crippen molar-refractivity contribution in [3.8, 4) is 10.6 Å². The van der Waals surface area contributed by atoms with Gasteiger partial charge in [-0.15, -0.1) is 11.3 Å². The summed E-state index contributed by atoms with van der Waals surface area (Å²) >= 11 is 1.71. The molecule has 0 saturated heterocycles. The molecule has 0 spiro atoms. The largest absolute Gasteiger partial charge is 0.245 e. The minimum absolute atomic E-state index is 1.07. The smallest absolute Gasteiger partial charge is 0.123 e. The normalized spacial score (nSPS) is 9.65. The SMILES string of the molecule is CC.CCc1ccc(-c2nccs2)c(CC)c1. The molecule has 0 aliphatic rings. The van der Waals surface area contributed by atoms with Gasteiger partial charge in [0, 0.05) is 17.1 Å². The van der Waals surface area contributed by atoms with Gasteiger partial charge in [-0.1, -0.05) is 45.9 Å². The molecule has 0 radical (unpaired) electrons. The van der Waals surface area contributed by atoms with E-state index in [2.05, 4.69) is 37.0 Å². The van der Waals surface area contributed by atoms with Crippen LogP contribution in [0.1, 0.15) is 38.8 Å². The van der Waals surface area contributed by atoms with E-state index in [1.807, 2.05) is 25.4 Å². The second kappa shape index (κ2) is 7.23. The Morgan fingerprint density at radius 2 is 1.88 bits per heavy atom. The Hall–Kier alpha value is -1.15. The molecule has 2 heteroatoms.